The summed E-state index contributed by atoms with van der Waals surface area (Å²) in [6.07, 6.45) is 0. The minimum atomic E-state index is -0.220. The lowest BCUT2D eigenvalue weighted by Crippen LogP contribution is -2.13. The monoisotopic (exact) mass is 396 g/mol. The molecule has 0 bridgehead atoms. The number of carbonyl (C=O) groups is 1. The summed E-state index contributed by atoms with van der Waals surface area (Å²) in [7, 11) is 0. The maximum absolute atomic E-state index is 12.1. The zero-order valence-electron chi connectivity index (χ0n) is 13.7. The average molecular weight is 397 g/mol. The van der Waals surface area contributed by atoms with Crippen LogP contribution < -0.4 is 10.6 Å². The van der Waals surface area contributed by atoms with Crippen molar-refractivity contribution in [1.82, 2.24) is 10.2 Å². The van der Waals surface area contributed by atoms with Crippen molar-refractivity contribution in [2.24, 2.45) is 0 Å². The normalized spacial score (nSPS) is 10.3. The number of carbonyl (C=O) groups excluding carboxylic acids is 1. The lowest BCUT2D eigenvalue weighted by molar-refractivity contribution is 0.102. The minimum Gasteiger partial charge on any atom is -0.364 e. The molecule has 3 rings (SSSR count). The van der Waals surface area contributed by atoms with Gasteiger partial charge in [0.25, 0.3) is 5.91 Å². The van der Waals surface area contributed by atoms with E-state index < -0.39 is 0 Å². The number of rotatable bonds is 5. The molecule has 1 aromatic heterocycles. The van der Waals surface area contributed by atoms with Gasteiger partial charge in [-0.1, -0.05) is 40.2 Å². The van der Waals surface area contributed by atoms with Crippen LogP contribution in [0, 0.1) is 6.92 Å². The molecule has 0 unspecified atom stereocenters. The third-order valence-corrected chi connectivity index (χ3v) is 4.26. The highest BCUT2D eigenvalue weighted by atomic mass is 79.9. The Kier molecular flexibility index (Phi) is 5.40. The van der Waals surface area contributed by atoms with Crippen LogP contribution in [0.2, 0.25) is 0 Å². The molecule has 25 heavy (non-hydrogen) atoms. The van der Waals surface area contributed by atoms with E-state index in [9.17, 15) is 4.79 Å². The molecule has 0 fully saturated rings. The van der Waals surface area contributed by atoms with E-state index in [2.05, 4.69) is 55.8 Å². The fourth-order valence-electron chi connectivity index (χ4n) is 2.28. The van der Waals surface area contributed by atoms with E-state index in [-0.39, 0.29) is 5.91 Å². The SMILES string of the molecule is Cc1ccccc1CNc1ccc(NC(=O)c2ccc(Br)cc2)nn1. The van der Waals surface area contributed by atoms with Crippen LogP contribution in [0.5, 0.6) is 0 Å². The van der Waals surface area contributed by atoms with Crippen molar-refractivity contribution in [3.63, 3.8) is 0 Å². The molecule has 0 spiro atoms. The second-order valence-electron chi connectivity index (χ2n) is 5.54. The smallest absolute Gasteiger partial charge is 0.256 e. The van der Waals surface area contributed by atoms with Crippen LogP contribution in [0.1, 0.15) is 21.5 Å². The molecule has 0 atom stereocenters. The second-order valence-corrected chi connectivity index (χ2v) is 6.46. The fraction of sp³-hybridized carbons (Fsp3) is 0.105. The molecule has 5 nitrogen and oxygen atoms in total. The minimum absolute atomic E-state index is 0.220. The van der Waals surface area contributed by atoms with Gasteiger partial charge in [-0.15, -0.1) is 10.2 Å². The van der Waals surface area contributed by atoms with E-state index in [0.717, 1.165) is 4.47 Å². The molecule has 0 aliphatic rings. The Bertz CT molecular complexity index is 863. The third kappa shape index (κ3) is 4.64. The number of hydrogen-bond donors (Lipinski definition) is 2. The molecule has 2 aromatic carbocycles. The molecule has 0 aliphatic carbocycles. The van der Waals surface area contributed by atoms with Gasteiger partial charge in [0.2, 0.25) is 0 Å². The zero-order chi connectivity index (χ0) is 17.6. The van der Waals surface area contributed by atoms with Gasteiger partial charge in [0, 0.05) is 16.6 Å². The topological polar surface area (TPSA) is 66.9 Å². The molecule has 0 aliphatic heterocycles. The van der Waals surface area contributed by atoms with E-state index >= 15 is 0 Å². The summed E-state index contributed by atoms with van der Waals surface area (Å²) in [5.74, 6) is 0.849. The predicted octanol–water partition coefficient (Wildman–Crippen LogP) is 4.41. The van der Waals surface area contributed by atoms with Crippen molar-refractivity contribution in [3.8, 4) is 0 Å². The largest absolute Gasteiger partial charge is 0.364 e. The van der Waals surface area contributed by atoms with Crippen molar-refractivity contribution >= 4 is 33.5 Å². The van der Waals surface area contributed by atoms with Crippen molar-refractivity contribution < 1.29 is 4.79 Å². The molecular formula is C19H17BrN4O. The Balaban J connectivity index is 1.59. The lowest BCUT2D eigenvalue weighted by atomic mass is 10.1. The number of nitrogens with zero attached hydrogens (tertiary/aromatic N) is 2. The number of hydrogen-bond acceptors (Lipinski definition) is 4. The van der Waals surface area contributed by atoms with E-state index in [1.807, 2.05) is 24.3 Å². The Morgan fingerprint density at radius 1 is 0.960 bits per heavy atom. The summed E-state index contributed by atoms with van der Waals surface area (Å²) in [6, 6.07) is 18.8. The van der Waals surface area contributed by atoms with Crippen molar-refractivity contribution in [2.45, 2.75) is 13.5 Å². The standard InChI is InChI=1S/C19H17BrN4O/c1-13-4-2-3-5-15(13)12-21-17-10-11-18(24-23-17)22-19(25)14-6-8-16(20)9-7-14/h2-11H,12H2,1H3,(H,21,23)(H,22,24,25). The summed E-state index contributed by atoms with van der Waals surface area (Å²) in [6.45, 7) is 2.75. The van der Waals surface area contributed by atoms with Crippen molar-refractivity contribution in [3.05, 3.63) is 81.8 Å². The predicted molar refractivity (Wildman–Crippen MR) is 103 cm³/mol. The number of benzene rings is 2. The number of aryl methyl sites for hydroxylation is 1. The van der Waals surface area contributed by atoms with Crippen LogP contribution in [0.4, 0.5) is 11.6 Å². The summed E-state index contributed by atoms with van der Waals surface area (Å²) in [5.41, 5.74) is 2.99. The van der Waals surface area contributed by atoms with Crippen LogP contribution >= 0.6 is 15.9 Å². The molecule has 3 aromatic rings. The van der Waals surface area contributed by atoms with Crippen molar-refractivity contribution in [2.75, 3.05) is 10.6 Å². The van der Waals surface area contributed by atoms with Crippen LogP contribution in [-0.2, 0) is 6.54 Å². The highest BCUT2D eigenvalue weighted by Gasteiger charge is 2.07. The Morgan fingerprint density at radius 2 is 1.64 bits per heavy atom. The molecule has 0 saturated heterocycles. The van der Waals surface area contributed by atoms with Crippen molar-refractivity contribution in [1.29, 1.82) is 0 Å². The van der Waals surface area contributed by atoms with E-state index in [4.69, 9.17) is 0 Å². The maximum Gasteiger partial charge on any atom is 0.256 e. The number of nitrogens with one attached hydrogen (secondary N) is 2. The quantitative estimate of drug-likeness (QED) is 0.669. The number of halogens is 1. The van der Waals surface area contributed by atoms with Gasteiger partial charge in [-0.25, -0.2) is 0 Å². The first-order valence-electron chi connectivity index (χ1n) is 7.81. The molecule has 1 amide bonds. The molecule has 1 heterocycles. The van der Waals surface area contributed by atoms with Gasteiger partial charge in [0.15, 0.2) is 5.82 Å². The third-order valence-electron chi connectivity index (χ3n) is 3.73. The van der Waals surface area contributed by atoms with E-state index in [0.29, 0.717) is 23.7 Å². The average Bonchev–Trinajstić information content (AvgIpc) is 2.63. The van der Waals surface area contributed by atoms with Gasteiger partial charge in [-0.2, -0.15) is 0 Å². The first-order valence-corrected chi connectivity index (χ1v) is 8.60. The number of aromatic nitrogens is 2. The Morgan fingerprint density at radius 3 is 2.32 bits per heavy atom. The fourth-order valence-corrected chi connectivity index (χ4v) is 2.54. The molecule has 2 N–H and O–H groups in total. The lowest BCUT2D eigenvalue weighted by Gasteiger charge is -2.08. The summed E-state index contributed by atoms with van der Waals surface area (Å²) in [4.78, 5) is 12.1. The summed E-state index contributed by atoms with van der Waals surface area (Å²) in [5, 5.41) is 14.1. The second kappa shape index (κ2) is 7.90. The zero-order valence-corrected chi connectivity index (χ0v) is 15.2. The Hall–Kier alpha value is -2.73. The summed E-state index contributed by atoms with van der Waals surface area (Å²) < 4.78 is 0.924. The van der Waals surface area contributed by atoms with E-state index in [1.54, 1.807) is 24.3 Å². The molecule has 0 saturated carbocycles. The van der Waals surface area contributed by atoms with Crippen LogP contribution in [0.15, 0.2) is 65.1 Å². The molecular weight excluding hydrogens is 380 g/mol. The molecule has 126 valence electrons. The van der Waals surface area contributed by atoms with Gasteiger partial charge in [0.1, 0.15) is 5.82 Å². The highest BCUT2D eigenvalue weighted by Crippen LogP contribution is 2.13. The Labute approximate surface area is 154 Å². The van der Waals surface area contributed by atoms with Gasteiger partial charge >= 0.3 is 0 Å². The number of amides is 1. The number of anilines is 2. The highest BCUT2D eigenvalue weighted by molar-refractivity contribution is 9.10. The van der Waals surface area contributed by atoms with E-state index in [1.165, 1.54) is 11.1 Å². The van der Waals surface area contributed by atoms with Gasteiger partial charge in [-0.05, 0) is 54.4 Å². The van der Waals surface area contributed by atoms with Crippen LogP contribution in [-0.4, -0.2) is 16.1 Å². The maximum atomic E-state index is 12.1. The van der Waals surface area contributed by atoms with Gasteiger partial charge in [0.05, 0.1) is 0 Å². The van der Waals surface area contributed by atoms with Crippen LogP contribution in [0.3, 0.4) is 0 Å². The first kappa shape index (κ1) is 17.1. The molecule has 6 heteroatoms. The molecule has 0 radical (unpaired) electrons. The summed E-state index contributed by atoms with van der Waals surface area (Å²) >= 11 is 3.34. The van der Waals surface area contributed by atoms with Gasteiger partial charge in [-0.3, -0.25) is 4.79 Å². The first-order chi connectivity index (χ1) is 12.1. The van der Waals surface area contributed by atoms with Gasteiger partial charge < -0.3 is 10.6 Å². The van der Waals surface area contributed by atoms with Crippen LogP contribution in [0.25, 0.3) is 0 Å².